The van der Waals surface area contributed by atoms with Gasteiger partial charge in [0.25, 0.3) is 0 Å². The smallest absolute Gasteiger partial charge is 0.229 e. The van der Waals surface area contributed by atoms with Gasteiger partial charge in [0.15, 0.2) is 0 Å². The number of nitrogens with one attached hydrogen (secondary N) is 1. The number of aromatic nitrogens is 2. The van der Waals surface area contributed by atoms with Crippen LogP contribution in [0.5, 0.6) is 0 Å². The highest BCUT2D eigenvalue weighted by Gasteiger charge is 2.32. The Hall–Kier alpha value is -1.32. The third-order valence-electron chi connectivity index (χ3n) is 5.99. The molecule has 2 heterocycles. The van der Waals surface area contributed by atoms with Crippen LogP contribution in [0.3, 0.4) is 0 Å². The SMILES string of the molecule is CC(C)[C@@H](C(=O)NC1CCCCCCCCC1)c1ncn2c1CCC2. The zero-order chi connectivity index (χ0) is 17.6. The lowest BCUT2D eigenvalue weighted by Gasteiger charge is -2.25. The Morgan fingerprint density at radius 1 is 1.08 bits per heavy atom. The third kappa shape index (κ3) is 4.65. The number of amides is 1. The van der Waals surface area contributed by atoms with Crippen molar-refractivity contribution in [2.75, 3.05) is 0 Å². The van der Waals surface area contributed by atoms with Gasteiger partial charge < -0.3 is 9.88 Å². The standard InChI is InChI=1S/C21H35N3O/c1-16(2)19(20-18-13-10-14-24(18)15-22-20)21(25)23-17-11-8-6-4-3-5-7-9-12-17/h15-17,19H,3-14H2,1-2H3,(H,23,25)/t19-/m1/s1. The van der Waals surface area contributed by atoms with Crippen LogP contribution in [0.4, 0.5) is 0 Å². The molecule has 2 aliphatic rings. The predicted octanol–water partition coefficient (Wildman–Crippen LogP) is 4.58. The van der Waals surface area contributed by atoms with Crippen LogP contribution in [0.25, 0.3) is 0 Å². The molecular weight excluding hydrogens is 310 g/mol. The van der Waals surface area contributed by atoms with Gasteiger partial charge in [0, 0.05) is 18.3 Å². The lowest BCUT2D eigenvalue weighted by Crippen LogP contribution is -2.40. The Balaban J connectivity index is 1.67. The van der Waals surface area contributed by atoms with Gasteiger partial charge in [-0.15, -0.1) is 0 Å². The highest BCUT2D eigenvalue weighted by atomic mass is 16.2. The van der Waals surface area contributed by atoms with E-state index in [-0.39, 0.29) is 17.7 Å². The van der Waals surface area contributed by atoms with Crippen molar-refractivity contribution in [1.82, 2.24) is 14.9 Å². The second-order valence-corrected chi connectivity index (χ2v) is 8.35. The molecule has 4 heteroatoms. The molecule has 1 aliphatic heterocycles. The summed E-state index contributed by atoms with van der Waals surface area (Å²) in [5, 5.41) is 3.41. The Morgan fingerprint density at radius 3 is 2.36 bits per heavy atom. The fourth-order valence-electron chi connectivity index (χ4n) is 4.55. The highest BCUT2D eigenvalue weighted by Crippen LogP contribution is 2.30. The van der Waals surface area contributed by atoms with Gasteiger partial charge in [-0.25, -0.2) is 4.98 Å². The molecule has 4 nitrogen and oxygen atoms in total. The first-order valence-corrected chi connectivity index (χ1v) is 10.5. The normalized spacial score (nSPS) is 21.1. The van der Waals surface area contributed by atoms with E-state index in [1.165, 1.54) is 57.1 Å². The minimum atomic E-state index is -0.107. The number of rotatable bonds is 4. The van der Waals surface area contributed by atoms with Crippen molar-refractivity contribution < 1.29 is 4.79 Å². The Morgan fingerprint density at radius 2 is 1.72 bits per heavy atom. The molecule has 25 heavy (non-hydrogen) atoms. The third-order valence-corrected chi connectivity index (χ3v) is 5.99. The molecule has 1 fully saturated rings. The maximum Gasteiger partial charge on any atom is 0.229 e. The van der Waals surface area contributed by atoms with Crippen molar-refractivity contribution in [3.8, 4) is 0 Å². The topological polar surface area (TPSA) is 46.9 Å². The number of imidazole rings is 1. The predicted molar refractivity (Wildman–Crippen MR) is 102 cm³/mol. The van der Waals surface area contributed by atoms with Gasteiger partial charge >= 0.3 is 0 Å². The number of hydrogen-bond acceptors (Lipinski definition) is 2. The molecule has 1 aromatic rings. The van der Waals surface area contributed by atoms with Crippen LogP contribution in [0, 0.1) is 5.92 Å². The zero-order valence-corrected chi connectivity index (χ0v) is 16.1. The number of aryl methyl sites for hydroxylation is 1. The average molecular weight is 346 g/mol. The highest BCUT2D eigenvalue weighted by molar-refractivity contribution is 5.84. The summed E-state index contributed by atoms with van der Waals surface area (Å²) < 4.78 is 2.24. The van der Waals surface area contributed by atoms with E-state index in [1.807, 2.05) is 6.33 Å². The summed E-state index contributed by atoms with van der Waals surface area (Å²) in [5.74, 6) is 0.370. The van der Waals surface area contributed by atoms with Gasteiger partial charge in [-0.3, -0.25) is 4.79 Å². The van der Waals surface area contributed by atoms with Crippen molar-refractivity contribution in [3.63, 3.8) is 0 Å². The monoisotopic (exact) mass is 345 g/mol. The summed E-state index contributed by atoms with van der Waals surface area (Å²) in [6, 6.07) is 0.350. The molecule has 0 saturated heterocycles. The lowest BCUT2D eigenvalue weighted by atomic mass is 9.89. The fraction of sp³-hybridized carbons (Fsp3) is 0.810. The molecule has 0 bridgehead atoms. The van der Waals surface area contributed by atoms with Crippen LogP contribution in [-0.4, -0.2) is 21.5 Å². The van der Waals surface area contributed by atoms with Crippen LogP contribution in [0.1, 0.15) is 95.4 Å². The first-order chi connectivity index (χ1) is 12.2. The van der Waals surface area contributed by atoms with E-state index >= 15 is 0 Å². The molecule has 1 atom stereocenters. The van der Waals surface area contributed by atoms with Crippen molar-refractivity contribution in [2.24, 2.45) is 5.92 Å². The van der Waals surface area contributed by atoms with Gasteiger partial charge in [0.2, 0.25) is 5.91 Å². The quantitative estimate of drug-likeness (QED) is 0.868. The molecular formula is C21H35N3O. The van der Waals surface area contributed by atoms with E-state index in [2.05, 4.69) is 28.7 Å². The van der Waals surface area contributed by atoms with Crippen molar-refractivity contribution in [2.45, 2.75) is 103 Å². The van der Waals surface area contributed by atoms with E-state index in [4.69, 9.17) is 0 Å². The summed E-state index contributed by atoms with van der Waals surface area (Å²) in [4.78, 5) is 17.8. The minimum absolute atomic E-state index is 0.107. The van der Waals surface area contributed by atoms with Crippen LogP contribution in [0.15, 0.2) is 6.33 Å². The Kier molecular flexibility index (Phi) is 6.55. The molecule has 0 spiro atoms. The Bertz CT molecular complexity index is 553. The van der Waals surface area contributed by atoms with Crippen LogP contribution < -0.4 is 5.32 Å². The summed E-state index contributed by atoms with van der Waals surface area (Å²) in [5.41, 5.74) is 2.32. The minimum Gasteiger partial charge on any atom is -0.353 e. The molecule has 1 N–H and O–H groups in total. The van der Waals surface area contributed by atoms with E-state index < -0.39 is 0 Å². The number of hydrogen-bond donors (Lipinski definition) is 1. The van der Waals surface area contributed by atoms with Gasteiger partial charge in [-0.05, 0) is 31.6 Å². The number of nitrogens with zero attached hydrogens (tertiary/aromatic N) is 2. The second-order valence-electron chi connectivity index (χ2n) is 8.35. The van der Waals surface area contributed by atoms with Gasteiger partial charge in [-0.1, -0.05) is 58.8 Å². The average Bonchev–Trinajstić information content (AvgIpc) is 3.18. The summed E-state index contributed by atoms with van der Waals surface area (Å²) in [6.07, 6.45) is 15.7. The number of fused-ring (bicyclic) bond motifs is 1. The largest absolute Gasteiger partial charge is 0.353 e. The van der Waals surface area contributed by atoms with Crippen LogP contribution >= 0.6 is 0 Å². The molecule has 0 unspecified atom stereocenters. The second kappa shape index (κ2) is 8.86. The molecule has 1 saturated carbocycles. The summed E-state index contributed by atoms with van der Waals surface area (Å²) in [7, 11) is 0. The van der Waals surface area contributed by atoms with Gasteiger partial charge in [0.05, 0.1) is 17.9 Å². The van der Waals surface area contributed by atoms with Crippen molar-refractivity contribution >= 4 is 5.91 Å². The van der Waals surface area contributed by atoms with Gasteiger partial charge in [0.1, 0.15) is 0 Å². The molecule has 1 aromatic heterocycles. The van der Waals surface area contributed by atoms with Gasteiger partial charge in [-0.2, -0.15) is 0 Å². The van der Waals surface area contributed by atoms with Crippen molar-refractivity contribution in [1.29, 1.82) is 0 Å². The molecule has 3 rings (SSSR count). The molecule has 140 valence electrons. The first kappa shape index (κ1) is 18.5. The molecule has 1 amide bonds. The summed E-state index contributed by atoms with van der Waals surface area (Å²) in [6.45, 7) is 5.36. The first-order valence-electron chi connectivity index (χ1n) is 10.5. The van der Waals surface area contributed by atoms with Crippen LogP contribution in [-0.2, 0) is 17.8 Å². The molecule has 1 aliphatic carbocycles. The van der Waals surface area contributed by atoms with Crippen molar-refractivity contribution in [3.05, 3.63) is 17.7 Å². The van der Waals surface area contributed by atoms with E-state index in [0.29, 0.717) is 6.04 Å². The van der Waals surface area contributed by atoms with E-state index in [9.17, 15) is 4.79 Å². The maximum absolute atomic E-state index is 13.1. The maximum atomic E-state index is 13.1. The number of carbonyl (C=O) groups excluding carboxylic acids is 1. The summed E-state index contributed by atoms with van der Waals surface area (Å²) >= 11 is 0. The van der Waals surface area contributed by atoms with E-state index in [0.717, 1.165) is 31.5 Å². The van der Waals surface area contributed by atoms with E-state index in [1.54, 1.807) is 0 Å². The molecule has 0 radical (unpaired) electrons. The fourth-order valence-corrected chi connectivity index (χ4v) is 4.55. The van der Waals surface area contributed by atoms with Crippen LogP contribution in [0.2, 0.25) is 0 Å². The lowest BCUT2D eigenvalue weighted by molar-refractivity contribution is -0.124. The zero-order valence-electron chi connectivity index (χ0n) is 16.1. The molecule has 0 aromatic carbocycles. The number of carbonyl (C=O) groups is 1. The Labute approximate surface area is 152 Å².